The molecule has 52 valence electrons. The van der Waals surface area contributed by atoms with E-state index in [-0.39, 0.29) is 6.61 Å². The monoisotopic (exact) mass is 149 g/mol. The Labute approximate surface area is 53.8 Å². The number of hydrogen-bond acceptors (Lipinski definition) is 2. The molecular formula is C4H8NO3P. The molecule has 0 saturated carbocycles. The van der Waals surface area contributed by atoms with Gasteiger partial charge in [-0.2, -0.15) is 0 Å². The quantitative estimate of drug-likeness (QED) is 0.482. The van der Waals surface area contributed by atoms with Crippen molar-refractivity contribution in [2.45, 2.75) is 6.92 Å². The lowest BCUT2D eigenvalue weighted by atomic mass is 10.9. The van der Waals surface area contributed by atoms with Crippen LogP contribution in [0.15, 0.2) is 0 Å². The summed E-state index contributed by atoms with van der Waals surface area (Å²) >= 11 is 0. The molecule has 0 bridgehead atoms. The van der Waals surface area contributed by atoms with Gasteiger partial charge >= 0.3 is 13.9 Å². The minimum absolute atomic E-state index is 0.170. The average Bonchev–Trinajstić information content (AvgIpc) is 1.64. The molecule has 5 heteroatoms. The summed E-state index contributed by atoms with van der Waals surface area (Å²) in [6.45, 7) is 8.02. The molecule has 0 aromatic heterocycles. The molecule has 9 heavy (non-hydrogen) atoms. The van der Waals surface area contributed by atoms with Crippen molar-refractivity contribution < 1.29 is 14.0 Å². The predicted molar refractivity (Wildman–Crippen MR) is 32.9 cm³/mol. The summed E-state index contributed by atoms with van der Waals surface area (Å²) in [5, 5.41) is 0. The summed E-state index contributed by atoms with van der Waals surface area (Å²) in [5.41, 5.74) is 0. The Morgan fingerprint density at radius 3 is 2.78 bits per heavy atom. The zero-order valence-electron chi connectivity index (χ0n) is 5.07. The first-order valence-corrected chi connectivity index (χ1v) is 4.18. The smallest absolute Gasteiger partial charge is 0.319 e. The van der Waals surface area contributed by atoms with Gasteiger partial charge in [0.1, 0.15) is 0 Å². The van der Waals surface area contributed by atoms with Crippen molar-refractivity contribution in [2.24, 2.45) is 0 Å². The van der Waals surface area contributed by atoms with Gasteiger partial charge in [-0.05, 0) is 6.92 Å². The minimum Gasteiger partial charge on any atom is -0.319 e. The molecule has 0 saturated heterocycles. The molecule has 0 spiro atoms. The van der Waals surface area contributed by atoms with Crippen molar-refractivity contribution in [2.75, 3.05) is 12.9 Å². The SMILES string of the molecule is [C-]#[N+]CP(=O)(O)OCC. The van der Waals surface area contributed by atoms with Gasteiger partial charge < -0.3 is 14.3 Å². The highest BCUT2D eigenvalue weighted by molar-refractivity contribution is 7.52. The van der Waals surface area contributed by atoms with Crippen LogP contribution < -0.4 is 0 Å². The molecule has 1 unspecified atom stereocenters. The molecule has 1 N–H and O–H groups in total. The largest absolute Gasteiger partial charge is 0.406 e. The number of nitrogens with zero attached hydrogens (tertiary/aromatic N) is 1. The number of rotatable bonds is 3. The third-order valence-electron chi connectivity index (χ3n) is 0.580. The highest BCUT2D eigenvalue weighted by Crippen LogP contribution is 2.41. The highest BCUT2D eigenvalue weighted by atomic mass is 31.2. The van der Waals surface area contributed by atoms with Crippen molar-refractivity contribution >= 4 is 7.60 Å². The molecular weight excluding hydrogens is 141 g/mol. The van der Waals surface area contributed by atoms with Crippen LogP contribution in [0, 0.1) is 6.57 Å². The summed E-state index contributed by atoms with van der Waals surface area (Å²) in [4.78, 5) is 11.4. The Bertz CT molecular complexity index is 162. The van der Waals surface area contributed by atoms with Gasteiger partial charge in [0.15, 0.2) is 0 Å². The predicted octanol–water partition coefficient (Wildman–Crippen LogP) is 1.09. The van der Waals surface area contributed by atoms with Crippen LogP contribution in [-0.2, 0) is 9.09 Å². The normalized spacial score (nSPS) is 16.1. The van der Waals surface area contributed by atoms with E-state index in [2.05, 4.69) is 9.37 Å². The van der Waals surface area contributed by atoms with Crippen LogP contribution in [0.4, 0.5) is 0 Å². The maximum atomic E-state index is 10.5. The van der Waals surface area contributed by atoms with E-state index in [0.29, 0.717) is 0 Å². The maximum Gasteiger partial charge on any atom is 0.406 e. The zero-order valence-corrected chi connectivity index (χ0v) is 5.97. The first kappa shape index (κ1) is 8.64. The van der Waals surface area contributed by atoms with E-state index in [0.717, 1.165) is 0 Å². The van der Waals surface area contributed by atoms with Gasteiger partial charge in [-0.1, -0.05) is 0 Å². The Balaban J connectivity index is 3.75. The lowest BCUT2D eigenvalue weighted by molar-refractivity contribution is 0.276. The van der Waals surface area contributed by atoms with Crippen LogP contribution in [0.1, 0.15) is 6.92 Å². The van der Waals surface area contributed by atoms with E-state index in [9.17, 15) is 4.57 Å². The number of hydrogen-bond donors (Lipinski definition) is 1. The van der Waals surface area contributed by atoms with E-state index >= 15 is 0 Å². The summed E-state index contributed by atoms with van der Waals surface area (Å²) in [6.07, 6.45) is -0.444. The minimum atomic E-state index is -3.55. The summed E-state index contributed by atoms with van der Waals surface area (Å²) < 4.78 is 14.9. The van der Waals surface area contributed by atoms with Crippen LogP contribution in [0.5, 0.6) is 0 Å². The molecule has 4 nitrogen and oxygen atoms in total. The molecule has 0 aliphatic rings. The van der Waals surface area contributed by atoms with E-state index in [4.69, 9.17) is 11.5 Å². The lowest BCUT2D eigenvalue weighted by Crippen LogP contribution is -1.89. The van der Waals surface area contributed by atoms with E-state index in [1.165, 1.54) is 0 Å². The standard InChI is InChI=1S/C4H8NO3P/c1-3-8-9(6,7)4-5-2/h3-4H2,1H3,(H,6,7). The van der Waals surface area contributed by atoms with Gasteiger partial charge in [0.25, 0.3) is 0 Å². The molecule has 0 aromatic carbocycles. The second kappa shape index (κ2) is 3.62. The van der Waals surface area contributed by atoms with E-state index in [1.807, 2.05) is 0 Å². The second-order valence-corrected chi connectivity index (χ2v) is 3.17. The van der Waals surface area contributed by atoms with Crippen molar-refractivity contribution in [3.8, 4) is 0 Å². The molecule has 1 atom stereocenters. The van der Waals surface area contributed by atoms with Crippen molar-refractivity contribution in [3.05, 3.63) is 11.4 Å². The maximum absolute atomic E-state index is 10.5. The first-order chi connectivity index (χ1) is 4.12. The van der Waals surface area contributed by atoms with Crippen LogP contribution in [0.25, 0.3) is 4.85 Å². The fourth-order valence-corrected chi connectivity index (χ4v) is 0.996. The van der Waals surface area contributed by atoms with Crippen LogP contribution >= 0.6 is 7.60 Å². The Hall–Kier alpha value is -0.360. The lowest BCUT2D eigenvalue weighted by Gasteiger charge is -2.01. The van der Waals surface area contributed by atoms with Crippen LogP contribution in [0.2, 0.25) is 0 Å². The molecule has 0 radical (unpaired) electrons. The van der Waals surface area contributed by atoms with Crippen molar-refractivity contribution in [3.63, 3.8) is 0 Å². The topological polar surface area (TPSA) is 50.9 Å². The van der Waals surface area contributed by atoms with E-state index in [1.54, 1.807) is 6.92 Å². The summed E-state index contributed by atoms with van der Waals surface area (Å²) in [5.74, 6) is 0. The van der Waals surface area contributed by atoms with Crippen molar-refractivity contribution in [1.82, 2.24) is 0 Å². The van der Waals surface area contributed by atoms with Gasteiger partial charge in [-0.3, -0.25) is 4.57 Å². The van der Waals surface area contributed by atoms with Crippen LogP contribution in [0.3, 0.4) is 0 Å². The highest BCUT2D eigenvalue weighted by Gasteiger charge is 2.21. The van der Waals surface area contributed by atoms with Crippen molar-refractivity contribution in [1.29, 1.82) is 0 Å². The molecule has 0 aliphatic carbocycles. The Morgan fingerprint density at radius 2 is 2.44 bits per heavy atom. The molecule has 0 amide bonds. The third kappa shape index (κ3) is 4.16. The fourth-order valence-electron chi connectivity index (χ4n) is 0.332. The summed E-state index contributed by atoms with van der Waals surface area (Å²) in [7, 11) is -3.55. The fraction of sp³-hybridized carbons (Fsp3) is 0.750. The second-order valence-electron chi connectivity index (χ2n) is 1.35. The third-order valence-corrected chi connectivity index (χ3v) is 1.74. The zero-order chi connectivity index (χ0) is 7.33. The van der Waals surface area contributed by atoms with Gasteiger partial charge in [0.2, 0.25) is 0 Å². The van der Waals surface area contributed by atoms with Gasteiger partial charge in [-0.15, -0.1) is 0 Å². The van der Waals surface area contributed by atoms with E-state index < -0.39 is 13.9 Å². The average molecular weight is 149 g/mol. The van der Waals surface area contributed by atoms with Gasteiger partial charge in [0.05, 0.1) is 6.61 Å². The van der Waals surface area contributed by atoms with Gasteiger partial charge in [0, 0.05) is 0 Å². The Kier molecular flexibility index (Phi) is 3.48. The van der Waals surface area contributed by atoms with Crippen LogP contribution in [-0.4, -0.2) is 17.8 Å². The molecule has 0 fully saturated rings. The molecule has 0 rings (SSSR count). The molecule has 0 aromatic rings. The molecule has 0 aliphatic heterocycles. The van der Waals surface area contributed by atoms with Gasteiger partial charge in [-0.25, -0.2) is 6.57 Å². The Morgan fingerprint density at radius 1 is 1.89 bits per heavy atom. The first-order valence-electron chi connectivity index (χ1n) is 2.42. The summed E-state index contributed by atoms with van der Waals surface area (Å²) in [6, 6.07) is 0. The molecule has 0 heterocycles.